The van der Waals surface area contributed by atoms with E-state index in [1.165, 1.54) is 4.90 Å². The number of allylic oxidation sites excluding steroid dienone is 1. The van der Waals surface area contributed by atoms with Gasteiger partial charge in [0.25, 0.3) is 11.8 Å². The lowest BCUT2D eigenvalue weighted by molar-refractivity contribution is -0.141. The number of fused-ring (bicyclic) bond motifs is 8. The SMILES string of the molecule is O=C1NCCCCOc2cccc(c2)-c2cccc(n2)C(=O)N[C@@H]2C[C@H]3C(=O)N[C@]4(C(=O)NS(=O)(=O)C5CC5)C[C@H]4/C=C\CCCCC[C@H](N1)C(=O)N3C2. The van der Waals surface area contributed by atoms with E-state index in [0.717, 1.165) is 18.4 Å². The van der Waals surface area contributed by atoms with Gasteiger partial charge in [-0.3, -0.25) is 23.9 Å². The Morgan fingerprint density at radius 3 is 2.59 bits per heavy atom. The molecule has 5 aliphatic rings. The number of hydrogen-bond donors (Lipinski definition) is 5. The van der Waals surface area contributed by atoms with Crippen molar-refractivity contribution in [3.05, 3.63) is 60.3 Å². The van der Waals surface area contributed by atoms with Crippen molar-refractivity contribution in [2.45, 2.75) is 99.5 Å². The summed E-state index contributed by atoms with van der Waals surface area (Å²) in [7, 11) is -3.90. The molecule has 1 aromatic carbocycles. The largest absolute Gasteiger partial charge is 0.494 e. The number of nitrogens with one attached hydrogen (secondary N) is 5. The maximum Gasteiger partial charge on any atom is 0.315 e. The standard InChI is InChI=1S/C38H47N7O8S/c46-33-30-15-9-14-29(41-30)24-10-8-12-27(20-24)53-19-7-6-18-39-37(50)42-31-13-5-3-1-2-4-11-25-22-38(25,36(49)44-54(51,52)28-16-17-28)43-34(47)32-21-26(40-33)23-45(32)35(31)48/h4,8-12,14-15,20,25-26,28,31-32H,1-3,5-7,13,16-19,21-23H2,(H,40,46)(H,43,47)(H,44,49)(H2,39,42,50)/b11-4-/t25-,26-,31+,32+,38-/m1/s1. The summed E-state index contributed by atoms with van der Waals surface area (Å²) in [6, 6.07) is 9.20. The van der Waals surface area contributed by atoms with E-state index in [1.54, 1.807) is 18.2 Å². The Hall–Kier alpha value is -4.99. The van der Waals surface area contributed by atoms with Gasteiger partial charge in [-0.25, -0.2) is 18.2 Å². The van der Waals surface area contributed by atoms with Crippen LogP contribution in [-0.2, 0) is 24.4 Å². The molecule has 2 aromatic rings. The van der Waals surface area contributed by atoms with Crippen molar-refractivity contribution in [3.8, 4) is 17.0 Å². The van der Waals surface area contributed by atoms with E-state index in [1.807, 2.05) is 36.4 Å². The highest BCUT2D eigenvalue weighted by Crippen LogP contribution is 2.46. The second-order valence-corrected chi connectivity index (χ2v) is 16.8. The van der Waals surface area contributed by atoms with Gasteiger partial charge in [-0.2, -0.15) is 0 Å². The molecule has 16 heteroatoms. The molecule has 3 fully saturated rings. The summed E-state index contributed by atoms with van der Waals surface area (Å²) in [6.45, 7) is 0.725. The number of carbonyl (C=O) groups excluding carboxylic acids is 5. The molecule has 0 spiro atoms. The number of ether oxygens (including phenoxy) is 1. The van der Waals surface area contributed by atoms with Crippen LogP contribution in [0.5, 0.6) is 5.75 Å². The number of aromatic nitrogens is 1. The second-order valence-electron chi connectivity index (χ2n) is 14.9. The van der Waals surface area contributed by atoms with Crippen LogP contribution in [0.1, 0.15) is 81.1 Å². The van der Waals surface area contributed by atoms with E-state index >= 15 is 0 Å². The number of rotatable bonds is 3. The molecule has 0 radical (unpaired) electrons. The zero-order chi connectivity index (χ0) is 37.9. The summed E-state index contributed by atoms with van der Waals surface area (Å²) < 4.78 is 33.7. The van der Waals surface area contributed by atoms with Crippen LogP contribution in [-0.4, -0.2) is 96.6 Å². The molecule has 3 aliphatic heterocycles. The van der Waals surface area contributed by atoms with Gasteiger partial charge in [0.15, 0.2) is 0 Å². The number of carbonyl (C=O) groups is 5. The Bertz CT molecular complexity index is 1930. The van der Waals surface area contributed by atoms with Crippen LogP contribution in [0.15, 0.2) is 54.6 Å². The molecule has 2 saturated carbocycles. The molecule has 5 atom stereocenters. The number of pyridine rings is 1. The lowest BCUT2D eigenvalue weighted by Gasteiger charge is -2.30. The number of nitrogens with zero attached hydrogens (tertiary/aromatic N) is 2. The first-order chi connectivity index (χ1) is 26.0. The van der Waals surface area contributed by atoms with Crippen molar-refractivity contribution >= 4 is 39.7 Å². The zero-order valence-corrected chi connectivity index (χ0v) is 30.9. The number of urea groups is 1. The maximum atomic E-state index is 14.4. The topological polar surface area (TPSA) is 205 Å². The van der Waals surface area contributed by atoms with Gasteiger partial charge < -0.3 is 30.9 Å². The van der Waals surface area contributed by atoms with Crippen LogP contribution >= 0.6 is 0 Å². The van der Waals surface area contributed by atoms with Gasteiger partial charge in [-0.1, -0.05) is 43.2 Å². The van der Waals surface area contributed by atoms with E-state index in [4.69, 9.17) is 4.74 Å². The molecule has 5 N–H and O–H groups in total. The molecule has 15 nitrogen and oxygen atoms in total. The molecule has 54 heavy (non-hydrogen) atoms. The van der Waals surface area contributed by atoms with E-state index in [2.05, 4.69) is 31.0 Å². The van der Waals surface area contributed by atoms with Crippen LogP contribution in [0.4, 0.5) is 4.79 Å². The predicted molar refractivity (Wildman–Crippen MR) is 197 cm³/mol. The lowest BCUT2D eigenvalue weighted by atomic mass is 10.0. The summed E-state index contributed by atoms with van der Waals surface area (Å²) in [6.07, 6.45) is 9.43. The Labute approximate surface area is 314 Å². The quantitative estimate of drug-likeness (QED) is 0.291. The van der Waals surface area contributed by atoms with Gasteiger partial charge in [0.2, 0.25) is 21.8 Å². The van der Waals surface area contributed by atoms with E-state index in [-0.39, 0.29) is 25.1 Å². The van der Waals surface area contributed by atoms with E-state index in [0.29, 0.717) is 69.5 Å². The first-order valence-electron chi connectivity index (χ1n) is 18.9. The molecule has 7 rings (SSSR count). The van der Waals surface area contributed by atoms with Crippen molar-refractivity contribution in [2.24, 2.45) is 5.92 Å². The minimum Gasteiger partial charge on any atom is -0.494 e. The van der Waals surface area contributed by atoms with Crippen LogP contribution < -0.4 is 30.7 Å². The highest BCUT2D eigenvalue weighted by atomic mass is 32.2. The van der Waals surface area contributed by atoms with Crippen LogP contribution in [0.3, 0.4) is 0 Å². The third-order valence-electron chi connectivity index (χ3n) is 10.8. The van der Waals surface area contributed by atoms with Gasteiger partial charge >= 0.3 is 6.03 Å². The van der Waals surface area contributed by atoms with Gasteiger partial charge in [-0.15, -0.1) is 0 Å². The number of amides is 6. The summed E-state index contributed by atoms with van der Waals surface area (Å²) in [5, 5.41) is 10.8. The summed E-state index contributed by atoms with van der Waals surface area (Å²) >= 11 is 0. The number of hydrogen-bond acceptors (Lipinski definition) is 9. The molecule has 288 valence electrons. The molecule has 1 aromatic heterocycles. The van der Waals surface area contributed by atoms with E-state index < -0.39 is 74.5 Å². The zero-order valence-electron chi connectivity index (χ0n) is 30.1. The first-order valence-corrected chi connectivity index (χ1v) is 20.5. The Morgan fingerprint density at radius 2 is 1.76 bits per heavy atom. The minimum absolute atomic E-state index is 0.0138. The molecule has 0 unspecified atom stereocenters. The van der Waals surface area contributed by atoms with Crippen molar-refractivity contribution in [2.75, 3.05) is 19.7 Å². The monoisotopic (exact) mass is 761 g/mol. The average molecular weight is 762 g/mol. The van der Waals surface area contributed by atoms with Crippen LogP contribution in [0, 0.1) is 5.92 Å². The smallest absolute Gasteiger partial charge is 0.315 e. The van der Waals surface area contributed by atoms with Gasteiger partial charge in [0.1, 0.15) is 29.1 Å². The van der Waals surface area contributed by atoms with Crippen molar-refractivity contribution in [1.82, 2.24) is 35.9 Å². The van der Waals surface area contributed by atoms with Gasteiger partial charge in [0.05, 0.1) is 17.6 Å². The van der Waals surface area contributed by atoms with Crippen molar-refractivity contribution < 1.29 is 37.1 Å². The highest BCUT2D eigenvalue weighted by molar-refractivity contribution is 7.91. The molecule has 2 aliphatic carbocycles. The average Bonchev–Trinajstić information content (AvgIpc) is 4.08. The number of sulfonamides is 1. The van der Waals surface area contributed by atoms with Gasteiger partial charge in [0, 0.05) is 30.6 Å². The third-order valence-corrected chi connectivity index (χ3v) is 12.6. The number of benzene rings is 1. The Balaban J connectivity index is 1.19. The summed E-state index contributed by atoms with van der Waals surface area (Å²) in [5.41, 5.74) is -0.0630. The molecular weight excluding hydrogens is 715 g/mol. The van der Waals surface area contributed by atoms with E-state index in [9.17, 15) is 32.4 Å². The Kier molecular flexibility index (Phi) is 10.9. The summed E-state index contributed by atoms with van der Waals surface area (Å²) in [5.74, 6) is -2.24. The molecule has 1 saturated heterocycles. The summed E-state index contributed by atoms with van der Waals surface area (Å²) in [4.78, 5) is 75.1. The fourth-order valence-corrected chi connectivity index (χ4v) is 8.82. The maximum absolute atomic E-state index is 14.4. The third kappa shape index (κ3) is 8.53. The van der Waals surface area contributed by atoms with Gasteiger partial charge in [-0.05, 0) is 82.1 Å². The molecule has 6 amide bonds. The predicted octanol–water partition coefficient (Wildman–Crippen LogP) is 2.29. The normalized spacial score (nSPS) is 28.9. The van der Waals surface area contributed by atoms with Crippen molar-refractivity contribution in [3.63, 3.8) is 0 Å². The molecular formula is C38H47N7O8S. The van der Waals surface area contributed by atoms with Crippen molar-refractivity contribution in [1.29, 1.82) is 0 Å². The fraction of sp³-hybridized carbons (Fsp3) is 0.526. The molecule has 7 bridgehead atoms. The fourth-order valence-electron chi connectivity index (χ4n) is 7.46. The minimum atomic E-state index is -3.90. The lowest BCUT2D eigenvalue weighted by Crippen LogP contribution is -2.58. The Morgan fingerprint density at radius 1 is 0.944 bits per heavy atom. The highest BCUT2D eigenvalue weighted by Gasteiger charge is 2.62. The first kappa shape index (κ1) is 37.3. The second kappa shape index (κ2) is 15.8. The van der Waals surface area contributed by atoms with Crippen LogP contribution in [0.25, 0.3) is 11.3 Å². The molecule has 4 heterocycles. The van der Waals surface area contributed by atoms with Crippen LogP contribution in [0.2, 0.25) is 0 Å².